The van der Waals surface area contributed by atoms with Crippen LogP contribution < -0.4 is 55.7 Å². The number of nitrogens with zero attached hydrogens (tertiary/aromatic N) is 4. The third kappa shape index (κ3) is 20.9. The molecule has 6 fully saturated rings. The molecule has 11 rings (SSSR count). The predicted molar refractivity (Wildman–Crippen MR) is 504 cm³/mol. The molecule has 2 amide bonds. The van der Waals surface area contributed by atoms with E-state index in [0.29, 0.717) is 90.7 Å². The molecule has 564 valence electrons. The summed E-state index contributed by atoms with van der Waals surface area (Å²) in [6.45, 7) is 46.8. The number of hydrogen-bond acceptors (Lipinski definition) is 8. The number of amides is 2. The van der Waals surface area contributed by atoms with Crippen LogP contribution in [0, 0.1) is 13.8 Å². The molecule has 6 saturated heterocycles. The van der Waals surface area contributed by atoms with Gasteiger partial charge in [0.2, 0.25) is 31.9 Å². The van der Waals surface area contributed by atoms with E-state index in [4.69, 9.17) is 0 Å². The quantitative estimate of drug-likeness (QED) is 0.0804. The van der Waals surface area contributed by atoms with Crippen molar-refractivity contribution in [3.8, 4) is 0 Å². The van der Waals surface area contributed by atoms with Gasteiger partial charge in [0.05, 0.1) is 38.8 Å². The molecule has 0 aliphatic carbocycles. The van der Waals surface area contributed by atoms with Crippen molar-refractivity contribution >= 4 is 230 Å². The van der Waals surface area contributed by atoms with Crippen LogP contribution in [0.25, 0.3) is 0 Å². The summed E-state index contributed by atoms with van der Waals surface area (Å²) in [4.78, 5) is 28.9. The minimum absolute atomic E-state index is 0. The van der Waals surface area contributed by atoms with E-state index in [1.807, 2.05) is 48.3 Å². The molecule has 29 heteroatoms. The standard InChI is InChI=1S/C32H45BN2O4P2S2.C22H37BN2O2P2.C18H33BN2P2.I3.I2.HI/c1-23-11-15-29(16-12-23)42(36,37)34-19-25(3)40(26(4)20-34)31-9-7-8-10-32(31)41(33)27(5)21-35(22-28(41)6)43(38,39)30-17-13-24(2)14-18-30;1-15-11-24(19(5)26)12-16(2)28(15)21-9-7-8-10-22(21)29(23)17(3)13-25(20(6)27)14-18(29)4;1-13-9-20-10-14(2)22(13)17-7-5-6-8-18(17)23(19)15(3)11-21-12-16(23)4;1-3-2;1-2;/h7-18,25-28H,19-22H2,1-6,33H3;7-10,15-18H,11-14H2,1-6,23H3;5-8,13-16,20-21H,9-12H2,1-4,19H3;;;1H/q;;;-1;;/t25-,26-,27-,28-;15-,16-,17-,18-;13-,14-,15-,16-;;;/m111.../s1. The maximum Gasteiger partial charge on any atom is 0.243 e. The molecule has 5 aromatic rings. The van der Waals surface area contributed by atoms with Gasteiger partial charge in [-0.15, -0.1) is 45.4 Å². The van der Waals surface area contributed by atoms with Crippen LogP contribution in [-0.4, -0.2) is 216 Å². The minimum atomic E-state index is -3.56. The number of aryl methyl sites for hydroxylation is 2. The second-order valence-corrected chi connectivity index (χ2v) is 66.1. The van der Waals surface area contributed by atoms with Crippen molar-refractivity contribution in [2.24, 2.45) is 0 Å². The van der Waals surface area contributed by atoms with Gasteiger partial charge in [0.25, 0.3) is 0 Å². The first-order chi connectivity index (χ1) is 47.1. The Hall–Kier alpha value is 1.93. The Morgan fingerprint density at radius 1 is 0.416 bits per heavy atom. The number of rotatable bonds is 10. The third-order valence-electron chi connectivity index (χ3n) is 19.8. The molecule has 0 bridgehead atoms. The van der Waals surface area contributed by atoms with Crippen LogP contribution in [0.15, 0.2) is 131 Å². The fourth-order valence-corrected chi connectivity index (χ4v) is 40.2. The van der Waals surface area contributed by atoms with Crippen LogP contribution in [-0.2, 0) is 29.6 Å². The molecule has 0 spiro atoms. The summed E-state index contributed by atoms with van der Waals surface area (Å²) in [5, 5.41) is 17.3. The maximum absolute atomic E-state index is 13.7. The van der Waals surface area contributed by atoms with E-state index < -0.39 is 49.4 Å². The first-order valence-electron chi connectivity index (χ1n) is 34.1. The number of halogens is 6. The van der Waals surface area contributed by atoms with E-state index in [9.17, 15) is 26.4 Å². The molecule has 101 heavy (non-hydrogen) atoms. The number of hydrogen-bond donors (Lipinski definition) is 2. The fraction of sp³-hybridized carbons (Fsp3) is 0.556. The molecule has 6 aliphatic heterocycles. The molecule has 2 N–H and O–H groups in total. The van der Waals surface area contributed by atoms with E-state index in [-0.39, 0.29) is 78.1 Å². The van der Waals surface area contributed by atoms with Crippen molar-refractivity contribution in [2.75, 3.05) is 78.5 Å². The smallest absolute Gasteiger partial charge is 0.243 e. The average Bonchev–Trinajstić information content (AvgIpc) is 0.754. The van der Waals surface area contributed by atoms with Gasteiger partial charge < -0.3 is 20.4 Å². The molecule has 6 heterocycles. The Kier molecular flexibility index (Phi) is 36.9. The van der Waals surface area contributed by atoms with E-state index in [2.05, 4.69) is 246 Å². The van der Waals surface area contributed by atoms with Gasteiger partial charge in [0, 0.05) is 166 Å². The number of nitrogens with one attached hydrogen (secondary N) is 2. The number of benzene rings is 5. The largest absolute Gasteiger partial charge is 0.342 e. The molecule has 0 radical (unpaired) electrons. The molecule has 0 saturated carbocycles. The van der Waals surface area contributed by atoms with Crippen LogP contribution in [0.1, 0.15) is 108 Å². The second-order valence-electron chi connectivity index (χ2n) is 27.6. The molecule has 12 nitrogen and oxygen atoms in total. The summed E-state index contributed by atoms with van der Waals surface area (Å²) >= 11 is 9.54. The molecule has 0 unspecified atom stereocenters. The van der Waals surface area contributed by atoms with Crippen LogP contribution in [0.3, 0.4) is 0 Å². The Morgan fingerprint density at radius 2 is 0.673 bits per heavy atom. The van der Waals surface area contributed by atoms with E-state index >= 15 is 0 Å². The van der Waals surface area contributed by atoms with Crippen molar-refractivity contribution in [2.45, 2.75) is 188 Å². The van der Waals surface area contributed by atoms with Gasteiger partial charge in [-0.25, -0.2) is 16.8 Å². The predicted octanol–water partition coefficient (Wildman–Crippen LogP) is 8.93. The molecular weight excluding hydrogens is 2090 g/mol. The third-order valence-corrected chi connectivity index (χ3v) is 43.1. The number of sulfonamides is 2. The van der Waals surface area contributed by atoms with Gasteiger partial charge in [-0.2, -0.15) is 8.61 Å². The van der Waals surface area contributed by atoms with Gasteiger partial charge in [-0.3, -0.25) is 9.59 Å². The van der Waals surface area contributed by atoms with E-state index in [0.717, 1.165) is 59.9 Å². The zero-order valence-electron chi connectivity index (χ0n) is 60.0. The first kappa shape index (κ1) is 91.8. The molecule has 12 atom stereocenters. The normalized spacial score (nSPS) is 28.0. The number of carbonyl (C=O) groups is 2. The topological polar surface area (TPSA) is 139 Å². The summed E-state index contributed by atoms with van der Waals surface area (Å²) in [5.74, 6) is 0.440. The van der Waals surface area contributed by atoms with Gasteiger partial charge in [0.1, 0.15) is 22.7 Å². The first-order valence-corrected chi connectivity index (χ1v) is 64.7. The summed E-state index contributed by atoms with van der Waals surface area (Å²) < 4.78 is 58.0. The molecule has 0 aromatic heterocycles. The second kappa shape index (κ2) is 40.6. The van der Waals surface area contributed by atoms with Crippen molar-refractivity contribution in [3.05, 3.63) is 132 Å². The SMILES string of the molecule is I.II.I[I-]I.[BH3-][P+]1(c2ccccc2P2[C@H](C)CN(C(C)=O)C[C@H]2C)[C@H](C)CN(C(C)=O)C[C@H]1C.[BH3-][P+]1(c2ccccc2P2[C@H](C)CN(S(=O)(=O)c3ccc(C)cc3)C[C@H]2C)[C@H](C)CN(S(=O)(=O)c2ccc(C)cc2)C[C@H]1C.[BH3-][P+]1(c2ccccc2P2[C@H](C)CNC[C@H]2C)[C@H](C)CNC[C@H]1C. The van der Waals surface area contributed by atoms with Gasteiger partial charge in [-0.05, 0) is 132 Å². The van der Waals surface area contributed by atoms with E-state index in [1.165, 1.54) is 36.8 Å². The van der Waals surface area contributed by atoms with Gasteiger partial charge in [-0.1, -0.05) is 155 Å². The fourth-order valence-electron chi connectivity index (χ4n) is 15.6. The van der Waals surface area contributed by atoms with Gasteiger partial charge in [0.15, 0.2) is 0 Å². The van der Waals surface area contributed by atoms with Crippen molar-refractivity contribution in [1.82, 2.24) is 29.0 Å². The Bertz CT molecular complexity index is 3720. The summed E-state index contributed by atoms with van der Waals surface area (Å²) in [6.07, 6.45) is 0. The Morgan fingerprint density at radius 3 is 1.00 bits per heavy atom. The maximum atomic E-state index is 13.7. The summed E-state index contributed by atoms with van der Waals surface area (Å²) in [7, 11) is -11.3. The van der Waals surface area contributed by atoms with Crippen LogP contribution in [0.4, 0.5) is 0 Å². The van der Waals surface area contributed by atoms with Crippen LogP contribution in [0.2, 0.25) is 0 Å². The Labute approximate surface area is 689 Å². The van der Waals surface area contributed by atoms with Crippen molar-refractivity contribution < 1.29 is 39.7 Å². The monoisotopic (exact) mass is 2210 g/mol. The molecular formula is C72H116B3I6N6O6P6S2-. The van der Waals surface area contributed by atoms with E-state index in [1.54, 1.807) is 62.6 Å². The van der Waals surface area contributed by atoms with Crippen molar-refractivity contribution in [3.63, 3.8) is 0 Å². The zero-order chi connectivity index (χ0) is 74.1. The zero-order valence-corrected chi connectivity index (χ0v) is 80.1. The summed E-state index contributed by atoms with van der Waals surface area (Å²) in [6, 6.07) is 42.4. The average molecular weight is 2210 g/mol. The Balaban J connectivity index is 0.000000241. The van der Waals surface area contributed by atoms with Crippen LogP contribution >= 0.6 is 144 Å². The summed E-state index contributed by atoms with van der Waals surface area (Å²) in [5.41, 5.74) is 8.90. The minimum Gasteiger partial charge on any atom is -0.342 e. The molecule has 5 aromatic carbocycles. The number of carbonyl (C=O) groups excluding carboxylic acids is 2. The van der Waals surface area contributed by atoms with Gasteiger partial charge >= 0.3 is 50.5 Å². The van der Waals surface area contributed by atoms with Crippen LogP contribution in [0.5, 0.6) is 0 Å². The van der Waals surface area contributed by atoms with Crippen molar-refractivity contribution in [1.29, 1.82) is 0 Å². The molecule has 6 aliphatic rings.